The van der Waals surface area contributed by atoms with Crippen LogP contribution in [0.15, 0.2) is 24.3 Å². The third-order valence-corrected chi connectivity index (χ3v) is 3.69. The largest absolute Gasteiger partial charge is 0.492 e. The Bertz CT molecular complexity index is 441. The monoisotopic (exact) mass is 277 g/mol. The Labute approximate surface area is 119 Å². The number of ether oxygens (including phenoxy) is 1. The van der Waals surface area contributed by atoms with Crippen LogP contribution in [0.3, 0.4) is 0 Å². The molecule has 0 atom stereocenters. The number of nitrogens with one attached hydrogen (secondary N) is 1. The van der Waals surface area contributed by atoms with Crippen LogP contribution >= 0.6 is 0 Å². The van der Waals surface area contributed by atoms with Crippen molar-refractivity contribution >= 4 is 5.84 Å². The first kappa shape index (κ1) is 14.8. The van der Waals surface area contributed by atoms with Gasteiger partial charge in [0.05, 0.1) is 6.10 Å². The number of amidine groups is 1. The van der Waals surface area contributed by atoms with E-state index in [-0.39, 0.29) is 11.9 Å². The van der Waals surface area contributed by atoms with Crippen LogP contribution in [0.1, 0.15) is 18.4 Å². The van der Waals surface area contributed by atoms with Gasteiger partial charge in [-0.15, -0.1) is 0 Å². The lowest BCUT2D eigenvalue weighted by atomic mass is 9.82. The van der Waals surface area contributed by atoms with E-state index >= 15 is 0 Å². The van der Waals surface area contributed by atoms with Crippen LogP contribution in [0.4, 0.5) is 0 Å². The van der Waals surface area contributed by atoms with Crippen molar-refractivity contribution in [1.82, 2.24) is 4.90 Å². The highest BCUT2D eigenvalue weighted by atomic mass is 16.5. The minimum atomic E-state index is -0.0792. The minimum absolute atomic E-state index is 0.0685. The zero-order valence-corrected chi connectivity index (χ0v) is 11.9. The first-order valence-electron chi connectivity index (χ1n) is 6.98. The normalized spacial score (nSPS) is 21.6. The summed E-state index contributed by atoms with van der Waals surface area (Å²) in [5.41, 5.74) is 6.10. The van der Waals surface area contributed by atoms with Crippen LogP contribution in [0.25, 0.3) is 0 Å². The van der Waals surface area contributed by atoms with Crippen molar-refractivity contribution in [2.45, 2.75) is 18.9 Å². The molecule has 0 spiro atoms. The topological polar surface area (TPSA) is 82.6 Å². The molecule has 0 bridgehead atoms. The molecule has 0 radical (unpaired) electrons. The number of hydrogen-bond acceptors (Lipinski definition) is 4. The molecule has 5 nitrogen and oxygen atoms in total. The molecule has 0 saturated heterocycles. The third kappa shape index (κ3) is 4.21. The summed E-state index contributed by atoms with van der Waals surface area (Å²) in [5.74, 6) is 1.49. The van der Waals surface area contributed by atoms with Gasteiger partial charge in [0.25, 0.3) is 0 Å². The lowest BCUT2D eigenvalue weighted by Crippen LogP contribution is -2.38. The van der Waals surface area contributed by atoms with E-state index in [1.807, 2.05) is 12.1 Å². The predicted molar refractivity (Wildman–Crippen MR) is 79.2 cm³/mol. The maximum atomic E-state index is 9.25. The highest BCUT2D eigenvalue weighted by Gasteiger charge is 2.27. The summed E-state index contributed by atoms with van der Waals surface area (Å²) in [6, 6.07) is 7.24. The van der Waals surface area contributed by atoms with E-state index in [1.54, 1.807) is 12.1 Å². The number of aliphatic hydroxyl groups is 1. The van der Waals surface area contributed by atoms with Gasteiger partial charge in [-0.05, 0) is 50.1 Å². The molecule has 1 aliphatic rings. The summed E-state index contributed by atoms with van der Waals surface area (Å²) in [7, 11) is 2.08. The van der Waals surface area contributed by atoms with Crippen molar-refractivity contribution < 1.29 is 9.84 Å². The zero-order chi connectivity index (χ0) is 14.5. The maximum Gasteiger partial charge on any atom is 0.122 e. The van der Waals surface area contributed by atoms with Gasteiger partial charge in [-0.2, -0.15) is 0 Å². The molecule has 1 fully saturated rings. The summed E-state index contributed by atoms with van der Waals surface area (Å²) in [6.07, 6.45) is 1.78. The molecule has 0 amide bonds. The van der Waals surface area contributed by atoms with E-state index in [4.69, 9.17) is 15.9 Å². The van der Waals surface area contributed by atoms with E-state index in [1.165, 1.54) is 0 Å². The summed E-state index contributed by atoms with van der Waals surface area (Å²) in [6.45, 7) is 2.51. The average Bonchev–Trinajstić information content (AvgIpc) is 2.37. The van der Waals surface area contributed by atoms with E-state index in [2.05, 4.69) is 11.9 Å². The average molecular weight is 277 g/mol. The fourth-order valence-corrected chi connectivity index (χ4v) is 2.43. The second kappa shape index (κ2) is 6.72. The number of hydrogen-bond donors (Lipinski definition) is 3. The van der Waals surface area contributed by atoms with Crippen molar-refractivity contribution in [3.63, 3.8) is 0 Å². The van der Waals surface area contributed by atoms with E-state index in [0.29, 0.717) is 18.1 Å². The number of nitrogens with two attached hydrogens (primary N) is 1. The van der Waals surface area contributed by atoms with Crippen LogP contribution in [-0.4, -0.2) is 48.7 Å². The molecule has 2 rings (SSSR count). The lowest BCUT2D eigenvalue weighted by Gasteiger charge is -2.34. The number of nitrogens with zero attached hydrogens (tertiary/aromatic N) is 1. The number of rotatable bonds is 7. The summed E-state index contributed by atoms with van der Waals surface area (Å²) >= 11 is 0. The van der Waals surface area contributed by atoms with Crippen molar-refractivity contribution in [3.05, 3.63) is 29.8 Å². The van der Waals surface area contributed by atoms with E-state index < -0.39 is 0 Å². The van der Waals surface area contributed by atoms with Crippen molar-refractivity contribution in [3.8, 4) is 5.75 Å². The predicted octanol–water partition coefficient (Wildman–Crippen LogP) is 1.05. The minimum Gasteiger partial charge on any atom is -0.492 e. The van der Waals surface area contributed by atoms with Crippen molar-refractivity contribution in [2.24, 2.45) is 11.7 Å². The van der Waals surface area contributed by atoms with Gasteiger partial charge in [0.15, 0.2) is 0 Å². The molecule has 0 aliphatic heterocycles. The maximum absolute atomic E-state index is 9.25. The molecule has 0 aromatic heterocycles. The first-order chi connectivity index (χ1) is 9.54. The highest BCUT2D eigenvalue weighted by molar-refractivity contribution is 5.94. The summed E-state index contributed by atoms with van der Waals surface area (Å²) in [4.78, 5) is 2.24. The quantitative estimate of drug-likeness (QED) is 0.514. The smallest absolute Gasteiger partial charge is 0.122 e. The Morgan fingerprint density at radius 3 is 2.60 bits per heavy atom. The van der Waals surface area contributed by atoms with Crippen LogP contribution < -0.4 is 10.5 Å². The van der Waals surface area contributed by atoms with Gasteiger partial charge in [-0.1, -0.05) is 0 Å². The SMILES string of the molecule is CN(CCOc1ccc(C(=N)N)cc1)CC1CC(O)C1. The van der Waals surface area contributed by atoms with Crippen LogP contribution in [-0.2, 0) is 0 Å². The molecule has 5 heteroatoms. The highest BCUT2D eigenvalue weighted by Crippen LogP contribution is 2.27. The Morgan fingerprint density at radius 1 is 1.40 bits per heavy atom. The molecule has 110 valence electrons. The van der Waals surface area contributed by atoms with E-state index in [0.717, 1.165) is 31.7 Å². The Morgan fingerprint density at radius 2 is 2.05 bits per heavy atom. The standard InChI is InChI=1S/C15H23N3O2/c1-18(10-11-8-13(19)9-11)6-7-20-14-4-2-12(3-5-14)15(16)17/h2-5,11,13,19H,6-10H2,1H3,(H3,16,17). The molecule has 20 heavy (non-hydrogen) atoms. The van der Waals surface area contributed by atoms with Crippen molar-refractivity contribution in [2.75, 3.05) is 26.7 Å². The van der Waals surface area contributed by atoms with Gasteiger partial charge >= 0.3 is 0 Å². The summed E-state index contributed by atoms with van der Waals surface area (Å²) < 4.78 is 5.66. The number of likely N-dealkylation sites (N-methyl/N-ethyl adjacent to an activating group) is 1. The molecular formula is C15H23N3O2. The third-order valence-electron chi connectivity index (χ3n) is 3.69. The van der Waals surface area contributed by atoms with Gasteiger partial charge in [-0.25, -0.2) is 0 Å². The Kier molecular flexibility index (Phi) is 4.98. The molecule has 1 aromatic carbocycles. The van der Waals surface area contributed by atoms with Crippen LogP contribution in [0.5, 0.6) is 5.75 Å². The fourth-order valence-electron chi connectivity index (χ4n) is 2.43. The Balaban J connectivity index is 1.66. The number of nitrogen functional groups attached to an aromatic ring is 1. The summed E-state index contributed by atoms with van der Waals surface area (Å²) in [5, 5.41) is 16.6. The number of aliphatic hydroxyl groups excluding tert-OH is 1. The van der Waals surface area contributed by atoms with E-state index in [9.17, 15) is 5.11 Å². The molecular weight excluding hydrogens is 254 g/mol. The fraction of sp³-hybridized carbons (Fsp3) is 0.533. The van der Waals surface area contributed by atoms with Gasteiger partial charge in [0.1, 0.15) is 18.2 Å². The van der Waals surface area contributed by atoms with Gasteiger partial charge in [-0.3, -0.25) is 5.41 Å². The van der Waals surface area contributed by atoms with Gasteiger partial charge in [0, 0.05) is 18.7 Å². The first-order valence-corrected chi connectivity index (χ1v) is 6.98. The van der Waals surface area contributed by atoms with Crippen LogP contribution in [0, 0.1) is 11.3 Å². The molecule has 1 aliphatic carbocycles. The van der Waals surface area contributed by atoms with Crippen LogP contribution in [0.2, 0.25) is 0 Å². The Hall–Kier alpha value is -1.59. The van der Waals surface area contributed by atoms with Gasteiger partial charge < -0.3 is 20.5 Å². The second-order valence-electron chi connectivity index (χ2n) is 5.54. The van der Waals surface area contributed by atoms with Crippen molar-refractivity contribution in [1.29, 1.82) is 5.41 Å². The zero-order valence-electron chi connectivity index (χ0n) is 11.9. The second-order valence-corrected chi connectivity index (χ2v) is 5.54. The molecule has 1 aromatic rings. The lowest BCUT2D eigenvalue weighted by molar-refractivity contribution is 0.0269. The molecule has 1 saturated carbocycles. The number of benzene rings is 1. The molecule has 0 heterocycles. The molecule has 0 unspecified atom stereocenters. The van der Waals surface area contributed by atoms with Gasteiger partial charge in [0.2, 0.25) is 0 Å². The molecule has 4 N–H and O–H groups in total.